The highest BCUT2D eigenvalue weighted by atomic mass is 16.2. The lowest BCUT2D eigenvalue weighted by Gasteiger charge is -2.60. The summed E-state index contributed by atoms with van der Waals surface area (Å²) in [5.74, 6) is 1.78. The molecular weight excluding hydrogens is 312 g/mol. The number of rotatable bonds is 2. The summed E-state index contributed by atoms with van der Waals surface area (Å²) in [4.78, 5) is 26.2. The second-order valence-electron chi connectivity index (χ2n) is 9.58. The molecule has 3 aliphatic carbocycles. The second kappa shape index (κ2) is 5.59. The Morgan fingerprint density at radius 1 is 1.20 bits per heavy atom. The van der Waals surface area contributed by atoms with Gasteiger partial charge in [0.05, 0.1) is 0 Å². The van der Waals surface area contributed by atoms with Crippen LogP contribution in [0.1, 0.15) is 65.7 Å². The SMILES string of the molecule is CC(C(N)=O)N1C(=O)C=C[C@@]2(C)C1CC[C@@H]1[C@H]2CC[C@]2(C)CCC[C@@H]12. The molecule has 1 aliphatic heterocycles. The lowest BCUT2D eigenvalue weighted by Crippen LogP contribution is -2.63. The van der Waals surface area contributed by atoms with Gasteiger partial charge in [-0.1, -0.05) is 26.3 Å². The Bertz CT molecular complexity index is 629. The number of amides is 2. The van der Waals surface area contributed by atoms with Gasteiger partial charge in [0.15, 0.2) is 0 Å². The number of primary amides is 1. The summed E-state index contributed by atoms with van der Waals surface area (Å²) >= 11 is 0. The van der Waals surface area contributed by atoms with E-state index in [4.69, 9.17) is 5.73 Å². The maximum Gasteiger partial charge on any atom is 0.247 e. The minimum atomic E-state index is -0.529. The lowest BCUT2D eigenvalue weighted by atomic mass is 9.48. The Balaban J connectivity index is 1.69. The zero-order valence-corrected chi connectivity index (χ0v) is 15.8. The van der Waals surface area contributed by atoms with E-state index in [1.807, 2.05) is 0 Å². The van der Waals surface area contributed by atoms with Gasteiger partial charge in [-0.3, -0.25) is 9.59 Å². The average Bonchev–Trinajstić information content (AvgIpc) is 2.96. The molecule has 138 valence electrons. The number of carbonyl (C=O) groups excluding carboxylic acids is 2. The van der Waals surface area contributed by atoms with Gasteiger partial charge in [-0.05, 0) is 74.7 Å². The Morgan fingerprint density at radius 3 is 2.68 bits per heavy atom. The van der Waals surface area contributed by atoms with Crippen molar-refractivity contribution in [2.75, 3.05) is 0 Å². The molecule has 4 heteroatoms. The van der Waals surface area contributed by atoms with Crippen LogP contribution in [0.4, 0.5) is 0 Å². The van der Waals surface area contributed by atoms with Crippen molar-refractivity contribution in [3.8, 4) is 0 Å². The van der Waals surface area contributed by atoms with E-state index in [1.165, 1.54) is 38.5 Å². The molecule has 0 bridgehead atoms. The third kappa shape index (κ3) is 2.32. The van der Waals surface area contributed by atoms with E-state index in [-0.39, 0.29) is 17.4 Å². The maximum atomic E-state index is 12.6. The molecular formula is C21H32N2O2. The van der Waals surface area contributed by atoms with Crippen molar-refractivity contribution in [2.45, 2.75) is 77.8 Å². The van der Waals surface area contributed by atoms with Crippen LogP contribution in [0.2, 0.25) is 0 Å². The molecule has 1 heterocycles. The normalized spacial score (nSPS) is 47.0. The number of hydrogen-bond donors (Lipinski definition) is 1. The van der Waals surface area contributed by atoms with Crippen LogP contribution in [0.25, 0.3) is 0 Å². The van der Waals surface area contributed by atoms with E-state index in [9.17, 15) is 9.59 Å². The minimum Gasteiger partial charge on any atom is -0.368 e. The van der Waals surface area contributed by atoms with Gasteiger partial charge in [0.2, 0.25) is 11.8 Å². The van der Waals surface area contributed by atoms with Gasteiger partial charge >= 0.3 is 0 Å². The summed E-state index contributed by atoms with van der Waals surface area (Å²) in [6.45, 7) is 6.62. The molecule has 2 unspecified atom stereocenters. The summed E-state index contributed by atoms with van der Waals surface area (Å²) in [5.41, 5.74) is 6.07. The summed E-state index contributed by atoms with van der Waals surface area (Å²) in [5, 5.41) is 0. The highest BCUT2D eigenvalue weighted by molar-refractivity contribution is 5.93. The summed E-state index contributed by atoms with van der Waals surface area (Å²) < 4.78 is 0. The lowest BCUT2D eigenvalue weighted by molar-refractivity contribution is -0.149. The highest BCUT2D eigenvalue weighted by Gasteiger charge is 2.59. The first-order chi connectivity index (χ1) is 11.8. The van der Waals surface area contributed by atoms with Crippen LogP contribution < -0.4 is 5.73 Å². The number of carbonyl (C=O) groups is 2. The highest BCUT2D eigenvalue weighted by Crippen LogP contribution is 2.64. The van der Waals surface area contributed by atoms with Gasteiger partial charge in [0.1, 0.15) is 6.04 Å². The zero-order chi connectivity index (χ0) is 18.0. The monoisotopic (exact) mass is 344 g/mol. The third-order valence-electron chi connectivity index (χ3n) is 8.51. The quantitative estimate of drug-likeness (QED) is 0.836. The first kappa shape index (κ1) is 17.1. The van der Waals surface area contributed by atoms with Crippen LogP contribution in [0.3, 0.4) is 0 Å². The molecule has 0 saturated heterocycles. The van der Waals surface area contributed by atoms with E-state index >= 15 is 0 Å². The van der Waals surface area contributed by atoms with E-state index in [2.05, 4.69) is 19.9 Å². The van der Waals surface area contributed by atoms with Crippen LogP contribution in [0.15, 0.2) is 12.2 Å². The summed E-state index contributed by atoms with van der Waals surface area (Å²) in [6.07, 6.45) is 12.8. The van der Waals surface area contributed by atoms with Crippen LogP contribution in [-0.2, 0) is 9.59 Å². The van der Waals surface area contributed by atoms with E-state index in [1.54, 1.807) is 17.9 Å². The van der Waals surface area contributed by atoms with Crippen LogP contribution in [0.5, 0.6) is 0 Å². The molecule has 3 fully saturated rings. The van der Waals surface area contributed by atoms with Crippen molar-refractivity contribution < 1.29 is 9.59 Å². The first-order valence-electron chi connectivity index (χ1n) is 10.1. The second-order valence-corrected chi connectivity index (χ2v) is 9.58. The topological polar surface area (TPSA) is 63.4 Å². The molecule has 3 saturated carbocycles. The van der Waals surface area contributed by atoms with Crippen molar-refractivity contribution in [1.82, 2.24) is 4.90 Å². The third-order valence-corrected chi connectivity index (χ3v) is 8.51. The van der Waals surface area contributed by atoms with Crippen LogP contribution in [-0.4, -0.2) is 28.8 Å². The Hall–Kier alpha value is -1.32. The van der Waals surface area contributed by atoms with Gasteiger partial charge < -0.3 is 10.6 Å². The molecule has 2 amide bonds. The molecule has 0 aromatic heterocycles. The predicted molar refractivity (Wildman–Crippen MR) is 97.4 cm³/mol. The Kier molecular flexibility index (Phi) is 3.82. The molecule has 25 heavy (non-hydrogen) atoms. The molecule has 4 nitrogen and oxygen atoms in total. The zero-order valence-electron chi connectivity index (χ0n) is 15.8. The standard InChI is InChI=1S/C21H32N2O2/c1-13(19(22)25)23-17-7-6-14-15-5-4-10-20(15,2)11-8-16(14)21(17,3)12-9-18(23)24/h9,12-17H,4-8,10-11H2,1-3H3,(H2,22,25)/t13?,14-,15-,16+,17?,20-,21+/m0/s1. The van der Waals surface area contributed by atoms with Crippen molar-refractivity contribution >= 4 is 11.8 Å². The summed E-state index contributed by atoms with van der Waals surface area (Å²) in [6, 6.07) is -0.418. The fourth-order valence-corrected chi connectivity index (χ4v) is 7.13. The molecule has 0 radical (unpaired) electrons. The van der Waals surface area contributed by atoms with Crippen molar-refractivity contribution in [3.05, 3.63) is 12.2 Å². The van der Waals surface area contributed by atoms with E-state index < -0.39 is 11.9 Å². The fraction of sp³-hybridized carbons (Fsp3) is 0.810. The van der Waals surface area contributed by atoms with Crippen molar-refractivity contribution in [2.24, 2.45) is 34.3 Å². The van der Waals surface area contributed by atoms with Gasteiger partial charge in [-0.25, -0.2) is 0 Å². The molecule has 4 aliphatic rings. The van der Waals surface area contributed by atoms with E-state index in [0.717, 1.165) is 18.3 Å². The molecule has 0 aromatic rings. The number of nitrogens with two attached hydrogens (primary N) is 1. The average molecular weight is 344 g/mol. The number of hydrogen-bond acceptors (Lipinski definition) is 2. The van der Waals surface area contributed by atoms with Crippen molar-refractivity contribution in [1.29, 1.82) is 0 Å². The van der Waals surface area contributed by atoms with Gasteiger partial charge in [-0.15, -0.1) is 0 Å². The molecule has 0 spiro atoms. The largest absolute Gasteiger partial charge is 0.368 e. The summed E-state index contributed by atoms with van der Waals surface area (Å²) in [7, 11) is 0. The number of nitrogens with zero attached hydrogens (tertiary/aromatic N) is 1. The maximum absolute atomic E-state index is 12.6. The van der Waals surface area contributed by atoms with Gasteiger partial charge in [-0.2, -0.15) is 0 Å². The molecule has 0 aromatic carbocycles. The predicted octanol–water partition coefficient (Wildman–Crippen LogP) is 3.26. The first-order valence-corrected chi connectivity index (χ1v) is 10.1. The fourth-order valence-electron chi connectivity index (χ4n) is 7.13. The van der Waals surface area contributed by atoms with Crippen LogP contribution >= 0.6 is 0 Å². The molecule has 4 rings (SSSR count). The molecule has 7 atom stereocenters. The number of fused-ring (bicyclic) bond motifs is 5. The molecule has 2 N–H and O–H groups in total. The van der Waals surface area contributed by atoms with Crippen molar-refractivity contribution in [3.63, 3.8) is 0 Å². The smallest absolute Gasteiger partial charge is 0.247 e. The van der Waals surface area contributed by atoms with Gasteiger partial charge in [0.25, 0.3) is 0 Å². The Labute approximate surface area is 151 Å². The van der Waals surface area contributed by atoms with E-state index in [0.29, 0.717) is 11.3 Å². The Morgan fingerprint density at radius 2 is 1.96 bits per heavy atom. The minimum absolute atomic E-state index is 0.0234. The van der Waals surface area contributed by atoms with Gasteiger partial charge in [0, 0.05) is 11.5 Å². The van der Waals surface area contributed by atoms with Crippen LogP contribution in [0, 0.1) is 28.6 Å².